The first-order valence-corrected chi connectivity index (χ1v) is 9.98. The molecule has 2 atom stereocenters. The molecule has 4 nitrogen and oxygen atoms in total. The van der Waals surface area contributed by atoms with E-state index in [1.807, 2.05) is 11.4 Å². The Bertz CT molecular complexity index is 825. The van der Waals surface area contributed by atoms with E-state index in [-0.39, 0.29) is 11.9 Å². The van der Waals surface area contributed by atoms with Crippen molar-refractivity contribution in [1.82, 2.24) is 14.9 Å². The summed E-state index contributed by atoms with van der Waals surface area (Å²) in [4.78, 5) is 14.3. The van der Waals surface area contributed by atoms with Crippen LogP contribution in [0.1, 0.15) is 63.6 Å². The molecule has 2 aromatic heterocycles. The Morgan fingerprint density at radius 3 is 2.48 bits per heavy atom. The minimum absolute atomic E-state index is 0.128. The fourth-order valence-electron chi connectivity index (χ4n) is 2.66. The maximum atomic E-state index is 12.7. The first-order chi connectivity index (χ1) is 12.1. The van der Waals surface area contributed by atoms with E-state index in [2.05, 4.69) is 59.1 Å². The van der Waals surface area contributed by atoms with Gasteiger partial charge in [0.2, 0.25) is 0 Å². The molecule has 0 aliphatic heterocycles. The lowest BCUT2D eigenvalue weighted by atomic mass is 9.95. The first-order valence-electron chi connectivity index (χ1n) is 8.33. The van der Waals surface area contributed by atoms with Crippen LogP contribution in [0.15, 0.2) is 41.8 Å². The van der Waals surface area contributed by atoms with E-state index in [4.69, 9.17) is 0 Å². The zero-order valence-corrected chi connectivity index (χ0v) is 16.2. The van der Waals surface area contributed by atoms with Crippen LogP contribution in [0.5, 0.6) is 0 Å². The number of benzene rings is 1. The molecule has 1 N–H and O–H groups in total. The van der Waals surface area contributed by atoms with Crippen LogP contribution in [-0.4, -0.2) is 15.5 Å². The summed E-state index contributed by atoms with van der Waals surface area (Å²) in [6.45, 7) is 6.23. The lowest BCUT2D eigenvalue weighted by Gasteiger charge is -2.19. The summed E-state index contributed by atoms with van der Waals surface area (Å²) in [5.41, 5.74) is 3.07. The van der Waals surface area contributed by atoms with Gasteiger partial charge in [-0.2, -0.15) is 0 Å². The summed E-state index contributed by atoms with van der Waals surface area (Å²) in [6.07, 6.45) is 1.11. The minimum atomic E-state index is -0.167. The van der Waals surface area contributed by atoms with Crippen molar-refractivity contribution in [3.63, 3.8) is 0 Å². The third-order valence-electron chi connectivity index (χ3n) is 4.41. The number of nitrogens with one attached hydrogen (secondary N) is 1. The molecule has 1 amide bonds. The lowest BCUT2D eigenvalue weighted by molar-refractivity contribution is 0.0947. The normalized spacial score (nSPS) is 13.4. The molecule has 0 fully saturated rings. The summed E-state index contributed by atoms with van der Waals surface area (Å²) >= 11 is 2.77. The van der Waals surface area contributed by atoms with Gasteiger partial charge in [0.15, 0.2) is 0 Å². The number of amides is 1. The van der Waals surface area contributed by atoms with Crippen molar-refractivity contribution in [3.05, 3.63) is 68.4 Å². The van der Waals surface area contributed by atoms with E-state index >= 15 is 0 Å². The van der Waals surface area contributed by atoms with Crippen LogP contribution in [0.3, 0.4) is 0 Å². The molecule has 0 bridgehead atoms. The molecule has 2 unspecified atom stereocenters. The van der Waals surface area contributed by atoms with Crippen LogP contribution in [0.4, 0.5) is 0 Å². The van der Waals surface area contributed by atoms with Crippen molar-refractivity contribution in [2.24, 2.45) is 0 Å². The zero-order valence-electron chi connectivity index (χ0n) is 14.5. The van der Waals surface area contributed by atoms with Crippen molar-refractivity contribution in [2.75, 3.05) is 0 Å². The van der Waals surface area contributed by atoms with E-state index in [1.165, 1.54) is 5.56 Å². The number of carbonyl (C=O) groups excluding carboxylic acids is 1. The van der Waals surface area contributed by atoms with E-state index in [0.29, 0.717) is 16.5 Å². The fourth-order valence-corrected chi connectivity index (χ4v) is 4.03. The highest BCUT2D eigenvalue weighted by Gasteiger charge is 2.21. The number of aromatic nitrogens is 2. The number of nitrogens with zero attached hydrogens (tertiary/aromatic N) is 2. The van der Waals surface area contributed by atoms with Crippen LogP contribution in [0.2, 0.25) is 0 Å². The molecule has 3 rings (SSSR count). The predicted octanol–water partition coefficient (Wildman–Crippen LogP) is 4.94. The second kappa shape index (κ2) is 7.89. The van der Waals surface area contributed by atoms with Gasteiger partial charge in [0, 0.05) is 4.88 Å². The SMILES string of the molecule is CCC(C)c1ccc(C(NC(=O)c2snnc2C)c2cccs2)cc1. The van der Waals surface area contributed by atoms with Crippen LogP contribution in [0, 0.1) is 6.92 Å². The Morgan fingerprint density at radius 1 is 1.20 bits per heavy atom. The topological polar surface area (TPSA) is 54.9 Å². The minimum Gasteiger partial charge on any atom is -0.339 e. The summed E-state index contributed by atoms with van der Waals surface area (Å²) in [5.74, 6) is 0.409. The summed E-state index contributed by atoms with van der Waals surface area (Å²) in [5, 5.41) is 9.10. The van der Waals surface area contributed by atoms with Gasteiger partial charge >= 0.3 is 0 Å². The van der Waals surface area contributed by atoms with Gasteiger partial charge in [0.05, 0.1) is 11.7 Å². The molecule has 0 saturated heterocycles. The molecule has 1 aromatic carbocycles. The van der Waals surface area contributed by atoms with Gasteiger partial charge in [0.1, 0.15) is 4.88 Å². The van der Waals surface area contributed by atoms with Crippen LogP contribution in [0.25, 0.3) is 0 Å². The molecule has 3 aromatic rings. The largest absolute Gasteiger partial charge is 0.339 e. The number of hydrogen-bond donors (Lipinski definition) is 1. The van der Waals surface area contributed by atoms with E-state index in [0.717, 1.165) is 28.4 Å². The summed E-state index contributed by atoms with van der Waals surface area (Å²) in [7, 11) is 0. The maximum Gasteiger partial charge on any atom is 0.265 e. The number of hydrogen-bond acceptors (Lipinski definition) is 5. The Balaban J connectivity index is 1.88. The third kappa shape index (κ3) is 3.96. The van der Waals surface area contributed by atoms with E-state index in [9.17, 15) is 4.79 Å². The zero-order chi connectivity index (χ0) is 17.8. The van der Waals surface area contributed by atoms with Crippen molar-refractivity contribution in [2.45, 2.75) is 39.2 Å². The number of aryl methyl sites for hydroxylation is 1. The van der Waals surface area contributed by atoms with Crippen LogP contribution >= 0.6 is 22.9 Å². The molecular weight excluding hydrogens is 350 g/mol. The quantitative estimate of drug-likeness (QED) is 0.667. The second-order valence-corrected chi connectivity index (χ2v) is 7.82. The molecule has 2 heterocycles. The predicted molar refractivity (Wildman–Crippen MR) is 103 cm³/mol. The Hall–Kier alpha value is -2.05. The highest BCUT2D eigenvalue weighted by molar-refractivity contribution is 7.10. The Morgan fingerprint density at radius 2 is 1.92 bits per heavy atom. The van der Waals surface area contributed by atoms with Crippen LogP contribution < -0.4 is 5.32 Å². The van der Waals surface area contributed by atoms with Gasteiger partial charge in [-0.05, 0) is 53.4 Å². The third-order valence-corrected chi connectivity index (χ3v) is 6.18. The highest BCUT2D eigenvalue weighted by Crippen LogP contribution is 2.28. The molecule has 25 heavy (non-hydrogen) atoms. The molecular formula is C19H21N3OS2. The lowest BCUT2D eigenvalue weighted by Crippen LogP contribution is -2.28. The molecule has 130 valence electrons. The van der Waals surface area contributed by atoms with Crippen molar-refractivity contribution in [3.8, 4) is 0 Å². The number of thiophene rings is 1. The van der Waals surface area contributed by atoms with Crippen molar-refractivity contribution in [1.29, 1.82) is 0 Å². The van der Waals surface area contributed by atoms with Gasteiger partial charge < -0.3 is 5.32 Å². The fraction of sp³-hybridized carbons (Fsp3) is 0.316. The Labute approximate surface area is 156 Å². The first kappa shape index (κ1) is 17.8. The molecule has 6 heteroatoms. The second-order valence-electron chi connectivity index (χ2n) is 6.09. The molecule has 0 saturated carbocycles. The van der Waals surface area contributed by atoms with Gasteiger partial charge in [-0.25, -0.2) is 0 Å². The molecule has 0 radical (unpaired) electrons. The highest BCUT2D eigenvalue weighted by atomic mass is 32.1. The number of rotatable bonds is 6. The average Bonchev–Trinajstić information content (AvgIpc) is 3.30. The van der Waals surface area contributed by atoms with Gasteiger partial charge in [-0.3, -0.25) is 4.79 Å². The maximum absolute atomic E-state index is 12.7. The standard InChI is InChI=1S/C19H21N3OS2/c1-4-12(2)14-7-9-15(10-8-14)17(16-6-5-11-24-16)20-19(23)18-13(3)21-22-25-18/h5-12,17H,4H2,1-3H3,(H,20,23). The molecule has 0 aliphatic carbocycles. The Kier molecular flexibility index (Phi) is 5.60. The van der Waals surface area contributed by atoms with Gasteiger partial charge in [-0.15, -0.1) is 16.4 Å². The molecule has 0 spiro atoms. The molecule has 0 aliphatic rings. The van der Waals surface area contributed by atoms with Crippen LogP contribution in [-0.2, 0) is 0 Å². The van der Waals surface area contributed by atoms with E-state index in [1.54, 1.807) is 18.3 Å². The average molecular weight is 372 g/mol. The number of carbonyl (C=O) groups is 1. The van der Waals surface area contributed by atoms with E-state index < -0.39 is 0 Å². The summed E-state index contributed by atoms with van der Waals surface area (Å²) in [6, 6.07) is 12.4. The van der Waals surface area contributed by atoms with Crippen molar-refractivity contribution < 1.29 is 4.79 Å². The van der Waals surface area contributed by atoms with Gasteiger partial charge in [0.25, 0.3) is 5.91 Å². The van der Waals surface area contributed by atoms with Gasteiger partial charge in [-0.1, -0.05) is 48.7 Å². The summed E-state index contributed by atoms with van der Waals surface area (Å²) < 4.78 is 3.86. The smallest absolute Gasteiger partial charge is 0.265 e. The monoisotopic (exact) mass is 371 g/mol. The van der Waals surface area contributed by atoms with Crippen molar-refractivity contribution >= 4 is 28.8 Å².